The zero-order valence-corrected chi connectivity index (χ0v) is 41.7. The van der Waals surface area contributed by atoms with Crippen LogP contribution in [-0.2, 0) is 12.8 Å². The van der Waals surface area contributed by atoms with Gasteiger partial charge in [0.1, 0.15) is 32.8 Å². The van der Waals surface area contributed by atoms with E-state index in [0.29, 0.717) is 49.3 Å². The number of unbranched alkanes of at least 4 members (excludes halogenated alkanes) is 18. The predicted molar refractivity (Wildman–Crippen MR) is 276 cm³/mol. The van der Waals surface area contributed by atoms with Crippen molar-refractivity contribution in [3.05, 3.63) is 140 Å². The molecule has 0 saturated carbocycles. The Kier molecular flexibility index (Phi) is 21.8. The second kappa shape index (κ2) is 28.7. The Morgan fingerprint density at radius 3 is 1.03 bits per heavy atom. The number of benzene rings is 4. The van der Waals surface area contributed by atoms with Gasteiger partial charge >= 0.3 is 23.9 Å². The molecule has 0 aliphatic heterocycles. The lowest BCUT2D eigenvalue weighted by atomic mass is 10.1. The summed E-state index contributed by atoms with van der Waals surface area (Å²) in [5.74, 6) is -0.706. The Morgan fingerprint density at radius 2 is 0.662 bits per heavy atom. The maximum absolute atomic E-state index is 13.1. The highest BCUT2D eigenvalue weighted by Crippen LogP contribution is 2.28. The van der Waals surface area contributed by atoms with Gasteiger partial charge in [-0.3, -0.25) is 0 Å². The first-order chi connectivity index (χ1) is 33.3. The van der Waals surface area contributed by atoms with E-state index in [9.17, 15) is 19.2 Å². The van der Waals surface area contributed by atoms with Crippen LogP contribution in [0.2, 0.25) is 0 Å². The van der Waals surface area contributed by atoms with Crippen molar-refractivity contribution in [2.24, 2.45) is 0 Å². The zero-order valence-electron chi connectivity index (χ0n) is 40.0. The minimum absolute atomic E-state index is 0.290. The van der Waals surface area contributed by atoms with Gasteiger partial charge < -0.3 is 18.9 Å². The van der Waals surface area contributed by atoms with E-state index in [-0.39, 0.29) is 0 Å². The molecule has 68 heavy (non-hydrogen) atoms. The molecule has 0 unspecified atom stereocenters. The number of hydrogen-bond donors (Lipinski definition) is 0. The number of thiophene rings is 2. The van der Waals surface area contributed by atoms with E-state index in [2.05, 4.69) is 13.8 Å². The van der Waals surface area contributed by atoms with Gasteiger partial charge in [-0.05, 0) is 134 Å². The monoisotopic (exact) mass is 956 g/mol. The van der Waals surface area contributed by atoms with Gasteiger partial charge in [-0.2, -0.15) is 0 Å². The molecule has 0 aliphatic rings. The summed E-state index contributed by atoms with van der Waals surface area (Å²) in [6, 6.07) is 30.6. The molecular formula is C58H68O8S2. The van der Waals surface area contributed by atoms with E-state index in [1.54, 1.807) is 72.8 Å². The smallest absolute Gasteiger partial charge is 0.353 e. The third kappa shape index (κ3) is 17.5. The molecule has 6 aromatic rings. The first kappa shape index (κ1) is 51.8. The highest BCUT2D eigenvalue weighted by atomic mass is 32.1. The molecule has 2 heterocycles. The van der Waals surface area contributed by atoms with Crippen molar-refractivity contribution in [3.63, 3.8) is 0 Å². The van der Waals surface area contributed by atoms with Gasteiger partial charge in [-0.1, -0.05) is 142 Å². The molecule has 0 saturated heterocycles. The number of hydrogen-bond acceptors (Lipinski definition) is 10. The first-order valence-electron chi connectivity index (χ1n) is 25.1. The van der Waals surface area contributed by atoms with E-state index in [1.165, 1.54) is 148 Å². The van der Waals surface area contributed by atoms with E-state index in [4.69, 9.17) is 18.9 Å². The van der Waals surface area contributed by atoms with Gasteiger partial charge in [-0.15, -0.1) is 22.7 Å². The van der Waals surface area contributed by atoms with Crippen molar-refractivity contribution in [2.45, 2.75) is 155 Å². The molecule has 8 nitrogen and oxygen atoms in total. The number of rotatable bonds is 30. The maximum atomic E-state index is 13.1. The first-order valence-corrected chi connectivity index (χ1v) is 26.7. The van der Waals surface area contributed by atoms with Gasteiger partial charge in [0.2, 0.25) is 0 Å². The molecule has 0 spiro atoms. The van der Waals surface area contributed by atoms with Crippen LogP contribution in [0.1, 0.15) is 192 Å². The minimum Gasteiger partial charge on any atom is -0.423 e. The van der Waals surface area contributed by atoms with Crippen LogP contribution < -0.4 is 18.9 Å². The number of esters is 4. The highest BCUT2D eigenvalue weighted by molar-refractivity contribution is 7.14. The number of carbonyl (C=O) groups is 4. The van der Waals surface area contributed by atoms with Crippen LogP contribution in [0.4, 0.5) is 0 Å². The van der Waals surface area contributed by atoms with Crippen LogP contribution in [0.15, 0.2) is 109 Å². The maximum Gasteiger partial charge on any atom is 0.353 e. The molecule has 6 rings (SSSR count). The molecular weight excluding hydrogens is 889 g/mol. The lowest BCUT2D eigenvalue weighted by Gasteiger charge is -2.09. The predicted octanol–water partition coefficient (Wildman–Crippen LogP) is 16.8. The van der Waals surface area contributed by atoms with Crippen molar-refractivity contribution < 1.29 is 38.1 Å². The Morgan fingerprint density at radius 1 is 0.338 bits per heavy atom. The molecule has 0 aliphatic carbocycles. The minimum atomic E-state index is -0.575. The number of ether oxygens (including phenoxy) is 4. The standard InChI is InChI=1S/C58H68O8S2/c1-3-5-7-9-11-13-15-17-19-21-23-51-37-39-53(67-51)57(61)63-47-31-27-44(28-32-47)55(59)65-49-35-25-43-26-36-50(42-46(43)41-49)66-56(60)45-29-33-48(34-30-45)64-58(62)54-40-38-52(68-54)24-22-20-18-16-14-12-10-8-6-4-2/h25-42H,3-24H2,1-2H3. The summed E-state index contributed by atoms with van der Waals surface area (Å²) < 4.78 is 22.6. The molecule has 0 amide bonds. The SMILES string of the molecule is CCCCCCCCCCCCc1ccc(C(=O)Oc2ccc(C(=O)Oc3ccc4ccc(OC(=O)c5ccc(OC(=O)c6ccc(CCCCCCCCCCCC)s6)cc5)cc4c3)cc2)s1. The Labute approximate surface area is 411 Å². The van der Waals surface area contributed by atoms with Crippen molar-refractivity contribution >= 4 is 57.3 Å². The lowest BCUT2D eigenvalue weighted by molar-refractivity contribution is 0.0722. The van der Waals surface area contributed by atoms with Crippen molar-refractivity contribution in [1.29, 1.82) is 0 Å². The summed E-state index contributed by atoms with van der Waals surface area (Å²) >= 11 is 2.94. The van der Waals surface area contributed by atoms with E-state index < -0.39 is 23.9 Å². The molecule has 0 radical (unpaired) electrons. The van der Waals surface area contributed by atoms with Gasteiger partial charge in [0, 0.05) is 9.75 Å². The summed E-state index contributed by atoms with van der Waals surface area (Å²) in [5, 5.41) is 1.56. The van der Waals surface area contributed by atoms with Crippen molar-refractivity contribution in [3.8, 4) is 23.0 Å². The molecule has 10 heteroatoms. The van der Waals surface area contributed by atoms with Gasteiger partial charge in [0.25, 0.3) is 0 Å². The third-order valence-corrected chi connectivity index (χ3v) is 14.3. The summed E-state index contributed by atoms with van der Waals surface area (Å²) in [7, 11) is 0. The van der Waals surface area contributed by atoms with Gasteiger partial charge in [0.05, 0.1) is 11.1 Å². The summed E-state index contributed by atoms with van der Waals surface area (Å²) in [5.41, 5.74) is 0.581. The molecule has 0 N–H and O–H groups in total. The van der Waals surface area contributed by atoms with E-state index >= 15 is 0 Å². The fourth-order valence-corrected chi connectivity index (χ4v) is 9.96. The van der Waals surface area contributed by atoms with Crippen LogP contribution in [0.3, 0.4) is 0 Å². The lowest BCUT2D eigenvalue weighted by Crippen LogP contribution is -2.10. The molecule has 0 fully saturated rings. The number of aryl methyl sites for hydroxylation is 2. The quantitative estimate of drug-likeness (QED) is 0.0250. The summed E-state index contributed by atoms with van der Waals surface area (Å²) in [4.78, 5) is 55.5. The molecule has 4 aromatic carbocycles. The van der Waals surface area contributed by atoms with Crippen LogP contribution in [0.25, 0.3) is 10.8 Å². The van der Waals surface area contributed by atoms with Crippen molar-refractivity contribution in [1.82, 2.24) is 0 Å². The molecule has 0 atom stereocenters. The second-order valence-corrected chi connectivity index (χ2v) is 20.0. The Hall–Kier alpha value is -5.58. The van der Waals surface area contributed by atoms with Crippen LogP contribution in [0, 0.1) is 0 Å². The zero-order chi connectivity index (χ0) is 47.8. The van der Waals surface area contributed by atoms with Crippen LogP contribution in [-0.4, -0.2) is 23.9 Å². The normalized spacial score (nSPS) is 11.1. The highest BCUT2D eigenvalue weighted by Gasteiger charge is 2.17. The largest absolute Gasteiger partial charge is 0.423 e. The van der Waals surface area contributed by atoms with Crippen LogP contribution in [0.5, 0.6) is 23.0 Å². The van der Waals surface area contributed by atoms with E-state index in [1.807, 2.05) is 36.4 Å². The molecule has 360 valence electrons. The Bertz CT molecular complexity index is 2310. The number of fused-ring (bicyclic) bond motifs is 1. The fourth-order valence-electron chi connectivity index (χ4n) is 8.11. The fraction of sp³-hybridized carbons (Fsp3) is 0.414. The van der Waals surface area contributed by atoms with Gasteiger partial charge in [-0.25, -0.2) is 19.2 Å². The van der Waals surface area contributed by atoms with Gasteiger partial charge in [0.15, 0.2) is 0 Å². The third-order valence-electron chi connectivity index (χ3n) is 12.1. The Balaban J connectivity index is 0.904. The summed E-state index contributed by atoms with van der Waals surface area (Å²) in [6.45, 7) is 4.50. The van der Waals surface area contributed by atoms with E-state index in [0.717, 1.165) is 31.1 Å². The number of carbonyl (C=O) groups excluding carboxylic acids is 4. The van der Waals surface area contributed by atoms with Crippen LogP contribution >= 0.6 is 22.7 Å². The van der Waals surface area contributed by atoms with Crippen molar-refractivity contribution in [2.75, 3.05) is 0 Å². The average molecular weight is 957 g/mol. The second-order valence-electron chi connectivity index (χ2n) is 17.7. The topological polar surface area (TPSA) is 105 Å². The molecule has 0 bridgehead atoms. The molecule has 2 aromatic heterocycles. The average Bonchev–Trinajstić information content (AvgIpc) is 4.04. The summed E-state index contributed by atoms with van der Waals surface area (Å²) in [6.07, 6.45) is 27.8.